The van der Waals surface area contributed by atoms with Crippen LogP contribution in [0.15, 0.2) is 69.0 Å². The molecule has 0 saturated heterocycles. The zero-order chi connectivity index (χ0) is 18.4. The van der Waals surface area contributed by atoms with Gasteiger partial charge >= 0.3 is 0 Å². The molecule has 0 saturated carbocycles. The van der Waals surface area contributed by atoms with Crippen LogP contribution in [0.1, 0.15) is 16.8 Å². The van der Waals surface area contributed by atoms with E-state index in [0.29, 0.717) is 18.2 Å². The zero-order valence-electron chi connectivity index (χ0n) is 14.1. The van der Waals surface area contributed by atoms with Crippen molar-refractivity contribution in [3.05, 3.63) is 86.2 Å². The number of nitrogens with one attached hydrogen (secondary N) is 2. The number of hydrogen-bond acceptors (Lipinski definition) is 5. The fourth-order valence-electron chi connectivity index (χ4n) is 2.23. The van der Waals surface area contributed by atoms with Crippen molar-refractivity contribution in [3.63, 3.8) is 0 Å². The zero-order valence-corrected chi connectivity index (χ0v) is 15.7. The third-order valence-electron chi connectivity index (χ3n) is 3.43. The van der Waals surface area contributed by atoms with Gasteiger partial charge in [0.2, 0.25) is 5.95 Å². The fraction of sp³-hybridized carbons (Fsp3) is 0.105. The molecule has 1 aromatic heterocycles. The number of hydrogen-bond donors (Lipinski definition) is 2. The molecule has 3 aromatic rings. The van der Waals surface area contributed by atoms with Crippen LogP contribution in [0.5, 0.6) is 5.75 Å². The van der Waals surface area contributed by atoms with Gasteiger partial charge in [0, 0.05) is 16.2 Å². The lowest BCUT2D eigenvalue weighted by molar-refractivity contribution is 0.306. The molecular formula is C19H17BrN4O2. The van der Waals surface area contributed by atoms with Crippen molar-refractivity contribution in [1.29, 1.82) is 0 Å². The molecular weight excluding hydrogens is 396 g/mol. The van der Waals surface area contributed by atoms with Crippen LogP contribution in [0.2, 0.25) is 0 Å². The molecule has 0 unspecified atom stereocenters. The van der Waals surface area contributed by atoms with Crippen LogP contribution >= 0.6 is 15.9 Å². The van der Waals surface area contributed by atoms with E-state index >= 15 is 0 Å². The number of aromatic amines is 1. The number of aromatic nitrogens is 2. The van der Waals surface area contributed by atoms with E-state index in [-0.39, 0.29) is 5.56 Å². The van der Waals surface area contributed by atoms with Gasteiger partial charge < -0.3 is 4.74 Å². The van der Waals surface area contributed by atoms with E-state index in [9.17, 15) is 4.79 Å². The van der Waals surface area contributed by atoms with Crippen molar-refractivity contribution in [1.82, 2.24) is 9.97 Å². The summed E-state index contributed by atoms with van der Waals surface area (Å²) in [6.07, 6.45) is 1.63. The highest BCUT2D eigenvalue weighted by Gasteiger charge is 1.99. The van der Waals surface area contributed by atoms with Crippen molar-refractivity contribution in [2.75, 3.05) is 5.43 Å². The number of halogens is 1. The van der Waals surface area contributed by atoms with E-state index < -0.39 is 0 Å². The minimum Gasteiger partial charge on any atom is -0.489 e. The number of aryl methyl sites for hydroxylation is 1. The Labute approximate surface area is 159 Å². The average Bonchev–Trinajstić information content (AvgIpc) is 2.61. The quantitative estimate of drug-likeness (QED) is 0.475. The SMILES string of the molecule is Cc1cc(=O)[nH]c(N/N=C/c2cccc(OCc3ccc(Br)cc3)c2)n1. The van der Waals surface area contributed by atoms with E-state index in [1.807, 2.05) is 48.5 Å². The monoisotopic (exact) mass is 412 g/mol. The molecule has 0 atom stereocenters. The summed E-state index contributed by atoms with van der Waals surface area (Å²) in [6.45, 7) is 2.23. The highest BCUT2D eigenvalue weighted by Crippen LogP contribution is 2.16. The Hall–Kier alpha value is -2.93. The minimum atomic E-state index is -0.224. The lowest BCUT2D eigenvalue weighted by Crippen LogP contribution is -2.10. The maximum absolute atomic E-state index is 11.4. The van der Waals surface area contributed by atoms with E-state index in [4.69, 9.17) is 4.74 Å². The van der Waals surface area contributed by atoms with Crippen molar-refractivity contribution >= 4 is 28.1 Å². The Balaban J connectivity index is 1.61. The summed E-state index contributed by atoms with van der Waals surface area (Å²) in [4.78, 5) is 18.1. The molecule has 0 spiro atoms. The Morgan fingerprint density at radius 2 is 2.04 bits per heavy atom. The van der Waals surface area contributed by atoms with E-state index in [0.717, 1.165) is 21.3 Å². The van der Waals surface area contributed by atoms with Gasteiger partial charge in [0.05, 0.1) is 6.21 Å². The molecule has 0 amide bonds. The van der Waals surface area contributed by atoms with Crippen LogP contribution < -0.4 is 15.7 Å². The number of ether oxygens (including phenoxy) is 1. The number of hydrazone groups is 1. The van der Waals surface area contributed by atoms with Crippen LogP contribution in [0, 0.1) is 6.92 Å². The predicted octanol–water partition coefficient (Wildman–Crippen LogP) is 3.87. The summed E-state index contributed by atoms with van der Waals surface area (Å²) >= 11 is 3.41. The molecule has 0 aliphatic carbocycles. The molecule has 26 heavy (non-hydrogen) atoms. The summed E-state index contributed by atoms with van der Waals surface area (Å²) in [6, 6.07) is 17.0. The Bertz CT molecular complexity index is 968. The predicted molar refractivity (Wildman–Crippen MR) is 106 cm³/mol. The maximum Gasteiger partial charge on any atom is 0.252 e. The average molecular weight is 413 g/mol. The summed E-state index contributed by atoms with van der Waals surface area (Å²) < 4.78 is 6.85. The van der Waals surface area contributed by atoms with Gasteiger partial charge in [-0.2, -0.15) is 5.10 Å². The van der Waals surface area contributed by atoms with Crippen LogP contribution in [-0.2, 0) is 6.61 Å². The van der Waals surface area contributed by atoms with Gasteiger partial charge in [-0.3, -0.25) is 9.78 Å². The van der Waals surface area contributed by atoms with E-state index in [1.54, 1.807) is 13.1 Å². The number of anilines is 1. The largest absolute Gasteiger partial charge is 0.489 e. The van der Waals surface area contributed by atoms with Gasteiger partial charge in [-0.05, 0) is 42.3 Å². The molecule has 6 nitrogen and oxygen atoms in total. The molecule has 132 valence electrons. The van der Waals surface area contributed by atoms with Crippen molar-refractivity contribution in [3.8, 4) is 5.75 Å². The first-order chi connectivity index (χ1) is 12.6. The topological polar surface area (TPSA) is 79.4 Å². The second-order valence-corrected chi connectivity index (χ2v) is 6.51. The summed E-state index contributed by atoms with van der Waals surface area (Å²) in [5, 5.41) is 4.09. The lowest BCUT2D eigenvalue weighted by Gasteiger charge is -2.07. The first-order valence-corrected chi connectivity index (χ1v) is 8.72. The number of rotatable bonds is 6. The Morgan fingerprint density at radius 3 is 2.81 bits per heavy atom. The van der Waals surface area contributed by atoms with Crippen molar-refractivity contribution in [2.24, 2.45) is 5.10 Å². The van der Waals surface area contributed by atoms with Gasteiger partial charge in [0.25, 0.3) is 5.56 Å². The van der Waals surface area contributed by atoms with Gasteiger partial charge in [0.15, 0.2) is 0 Å². The third-order valence-corrected chi connectivity index (χ3v) is 3.96. The lowest BCUT2D eigenvalue weighted by atomic mass is 10.2. The second-order valence-electron chi connectivity index (χ2n) is 5.59. The van der Waals surface area contributed by atoms with Gasteiger partial charge in [-0.25, -0.2) is 10.4 Å². The molecule has 0 aliphatic rings. The maximum atomic E-state index is 11.4. The highest BCUT2D eigenvalue weighted by molar-refractivity contribution is 9.10. The summed E-state index contributed by atoms with van der Waals surface area (Å²) in [7, 11) is 0. The molecule has 0 aliphatic heterocycles. The van der Waals surface area contributed by atoms with Crippen LogP contribution in [0.3, 0.4) is 0 Å². The molecule has 1 heterocycles. The van der Waals surface area contributed by atoms with Crippen LogP contribution in [0.25, 0.3) is 0 Å². The fourth-order valence-corrected chi connectivity index (χ4v) is 2.50. The molecule has 7 heteroatoms. The number of H-pyrrole nitrogens is 1. The standard InChI is InChI=1S/C19H17BrN4O2/c1-13-9-18(25)23-19(22-13)24-21-11-15-3-2-4-17(10-15)26-12-14-5-7-16(20)8-6-14/h2-11H,12H2,1H3,(H2,22,23,24,25)/b21-11+. The molecule has 0 fully saturated rings. The van der Waals surface area contributed by atoms with Crippen LogP contribution in [-0.4, -0.2) is 16.2 Å². The van der Waals surface area contributed by atoms with Gasteiger partial charge in [-0.15, -0.1) is 0 Å². The van der Waals surface area contributed by atoms with E-state index in [2.05, 4.69) is 36.4 Å². The smallest absolute Gasteiger partial charge is 0.252 e. The molecule has 2 aromatic carbocycles. The van der Waals surface area contributed by atoms with E-state index in [1.165, 1.54) is 6.07 Å². The highest BCUT2D eigenvalue weighted by atomic mass is 79.9. The summed E-state index contributed by atoms with van der Waals surface area (Å²) in [5.41, 5.74) is 5.06. The summed E-state index contributed by atoms with van der Waals surface area (Å²) in [5.74, 6) is 1.05. The van der Waals surface area contributed by atoms with Gasteiger partial charge in [-0.1, -0.05) is 40.2 Å². The first kappa shape index (κ1) is 17.9. The van der Waals surface area contributed by atoms with Crippen molar-refractivity contribution < 1.29 is 4.74 Å². The Kier molecular flexibility index (Phi) is 5.80. The molecule has 2 N–H and O–H groups in total. The number of benzene rings is 2. The second kappa shape index (κ2) is 8.44. The molecule has 0 bridgehead atoms. The van der Waals surface area contributed by atoms with Crippen molar-refractivity contribution in [2.45, 2.75) is 13.5 Å². The van der Waals surface area contributed by atoms with Gasteiger partial charge in [0.1, 0.15) is 12.4 Å². The minimum absolute atomic E-state index is 0.224. The molecule has 3 rings (SSSR count). The number of nitrogens with zero attached hydrogens (tertiary/aromatic N) is 2. The first-order valence-electron chi connectivity index (χ1n) is 7.93. The Morgan fingerprint density at radius 1 is 1.23 bits per heavy atom. The normalized spacial score (nSPS) is 10.8. The third kappa shape index (κ3) is 5.29. The van der Waals surface area contributed by atoms with Crippen LogP contribution in [0.4, 0.5) is 5.95 Å². The molecule has 0 radical (unpaired) electrons.